The molecule has 0 aliphatic rings. The summed E-state index contributed by atoms with van der Waals surface area (Å²) in [6, 6.07) is 3.17. The fourth-order valence-electron chi connectivity index (χ4n) is 2.01. The van der Waals surface area contributed by atoms with Gasteiger partial charge in [0.1, 0.15) is 21.7 Å². The Kier molecular flexibility index (Phi) is 6.87. The first-order valence-electron chi connectivity index (χ1n) is 6.03. The summed E-state index contributed by atoms with van der Waals surface area (Å²) in [5.74, 6) is -1.91. The van der Waals surface area contributed by atoms with Crippen molar-refractivity contribution in [2.45, 2.75) is 9.79 Å². The fraction of sp³-hybridized carbons (Fsp3) is 0.0833. The zero-order chi connectivity index (χ0) is 18.3. The normalized spacial score (nSPS) is 11.8. The Labute approximate surface area is 169 Å². The molecule has 0 aliphatic heterocycles. The number of rotatable bonds is 4. The number of carbonyl (C=O) groups excluding carboxylic acids is 1. The van der Waals surface area contributed by atoms with Crippen molar-refractivity contribution in [3.8, 4) is 5.75 Å². The van der Waals surface area contributed by atoms with E-state index in [9.17, 15) is 31.3 Å². The van der Waals surface area contributed by atoms with Gasteiger partial charge in [-0.1, -0.05) is 0 Å². The number of carbonyl (C=O) groups is 1. The molecule has 0 aromatic heterocycles. The number of halogens is 1. The monoisotopic (exact) mass is 417 g/mol. The molecule has 9 nitrogen and oxygen atoms in total. The average molecular weight is 418 g/mol. The number of amides is 1. The van der Waals surface area contributed by atoms with Crippen molar-refractivity contribution < 1.29 is 65.4 Å². The summed E-state index contributed by atoms with van der Waals surface area (Å²) in [5, 5.41) is 11.9. The van der Waals surface area contributed by atoms with E-state index in [1.54, 1.807) is 0 Å². The second-order valence-corrected chi connectivity index (χ2v) is 7.69. The van der Waals surface area contributed by atoms with E-state index >= 15 is 0 Å². The van der Waals surface area contributed by atoms with Crippen LogP contribution in [0.4, 0.5) is 5.69 Å². The van der Waals surface area contributed by atoms with Crippen molar-refractivity contribution in [1.82, 2.24) is 0 Å². The summed E-state index contributed by atoms with van der Waals surface area (Å²) in [7, 11) is -9.65. The zero-order valence-corrected chi connectivity index (χ0v) is 16.9. The van der Waals surface area contributed by atoms with Crippen molar-refractivity contribution >= 4 is 54.2 Å². The number of hydrogen-bond acceptors (Lipinski definition) is 7. The third kappa shape index (κ3) is 5.05. The molecule has 2 rings (SSSR count). The summed E-state index contributed by atoms with van der Waals surface area (Å²) in [5.41, 5.74) is -0.238. The molecular weight excluding hydrogens is 409 g/mol. The molecule has 3 N–H and O–H groups in total. The quantitative estimate of drug-likeness (QED) is 0.289. The molecule has 2 aromatic rings. The smallest absolute Gasteiger partial charge is 0.744 e. The topological polar surface area (TPSA) is 161 Å². The van der Waals surface area contributed by atoms with Gasteiger partial charge in [-0.3, -0.25) is 9.35 Å². The van der Waals surface area contributed by atoms with Crippen LogP contribution < -0.4 is 34.9 Å². The minimum atomic E-state index is -4.94. The van der Waals surface area contributed by atoms with Crippen LogP contribution in [0.25, 0.3) is 10.8 Å². The summed E-state index contributed by atoms with van der Waals surface area (Å²) in [4.78, 5) is 9.95. The van der Waals surface area contributed by atoms with Gasteiger partial charge in [-0.2, -0.15) is 8.42 Å². The van der Waals surface area contributed by atoms with Crippen LogP contribution in [0.5, 0.6) is 5.75 Å². The summed E-state index contributed by atoms with van der Waals surface area (Å²) in [6.07, 6.45) is 0. The molecule has 0 heterocycles. The van der Waals surface area contributed by atoms with Crippen molar-refractivity contribution in [3.05, 3.63) is 24.3 Å². The van der Waals surface area contributed by atoms with Gasteiger partial charge in [0, 0.05) is 5.39 Å². The van der Waals surface area contributed by atoms with Crippen LogP contribution in [-0.4, -0.2) is 42.8 Å². The summed E-state index contributed by atoms with van der Waals surface area (Å²) < 4.78 is 65.1. The molecule has 13 heteroatoms. The van der Waals surface area contributed by atoms with Crippen molar-refractivity contribution in [2.24, 2.45) is 0 Å². The first kappa shape index (κ1) is 22.1. The molecular formula is C12H9ClNNaO8S2. The second kappa shape index (κ2) is 7.76. The van der Waals surface area contributed by atoms with Crippen LogP contribution >= 0.6 is 11.6 Å². The number of phenols is 1. The Balaban J connectivity index is 0.00000312. The van der Waals surface area contributed by atoms with E-state index in [1.807, 2.05) is 0 Å². The van der Waals surface area contributed by atoms with Gasteiger partial charge in [0.25, 0.3) is 10.1 Å². The van der Waals surface area contributed by atoms with Gasteiger partial charge >= 0.3 is 29.6 Å². The second-order valence-electron chi connectivity index (χ2n) is 4.62. The van der Waals surface area contributed by atoms with Crippen molar-refractivity contribution in [1.29, 1.82) is 0 Å². The van der Waals surface area contributed by atoms with Crippen LogP contribution in [-0.2, 0) is 25.0 Å². The Morgan fingerprint density at radius 3 is 2.16 bits per heavy atom. The molecule has 0 atom stereocenters. The standard InChI is InChI=1S/C12H10ClNO8S2.Na/c13-5-11(16)14-9-3-7(23(17,18)19)1-6-2-8(24(20,21)22)4-10(15)12(6)9;/h1-4,15H,5H2,(H,14,16)(H,17,18,19)(H,20,21,22);/q;+1/p-1. The third-order valence-electron chi connectivity index (χ3n) is 2.96. The van der Waals surface area contributed by atoms with E-state index in [0.29, 0.717) is 6.07 Å². The molecule has 0 bridgehead atoms. The van der Waals surface area contributed by atoms with Crippen LogP contribution in [0.2, 0.25) is 0 Å². The summed E-state index contributed by atoms with van der Waals surface area (Å²) >= 11 is 5.34. The van der Waals surface area contributed by atoms with E-state index < -0.39 is 47.6 Å². The van der Waals surface area contributed by atoms with Gasteiger partial charge in [-0.05, 0) is 29.7 Å². The molecule has 130 valence electrons. The minimum absolute atomic E-state index is 0. The first-order chi connectivity index (χ1) is 10.9. The molecule has 1 amide bonds. The maximum absolute atomic E-state index is 11.4. The van der Waals surface area contributed by atoms with Gasteiger partial charge < -0.3 is 15.0 Å². The molecule has 2 aromatic carbocycles. The Bertz CT molecular complexity index is 1050. The number of hydrogen-bond donors (Lipinski definition) is 3. The molecule has 0 fully saturated rings. The van der Waals surface area contributed by atoms with Crippen LogP contribution in [0.15, 0.2) is 34.1 Å². The summed E-state index contributed by atoms with van der Waals surface area (Å²) in [6.45, 7) is 0. The largest absolute Gasteiger partial charge is 1.00 e. The zero-order valence-electron chi connectivity index (χ0n) is 12.6. The molecule has 0 saturated heterocycles. The number of fused-ring (bicyclic) bond motifs is 1. The van der Waals surface area contributed by atoms with E-state index in [2.05, 4.69) is 5.32 Å². The Hall–Kier alpha value is -0.920. The Morgan fingerprint density at radius 1 is 1.12 bits per heavy atom. The van der Waals surface area contributed by atoms with Crippen molar-refractivity contribution in [2.75, 3.05) is 11.2 Å². The van der Waals surface area contributed by atoms with Gasteiger partial charge in [-0.15, -0.1) is 11.6 Å². The Morgan fingerprint density at radius 2 is 1.68 bits per heavy atom. The number of phenolic OH excluding ortho intramolecular Hbond substituents is 1. The third-order valence-corrected chi connectivity index (χ3v) is 4.84. The maximum atomic E-state index is 11.4. The molecule has 0 radical (unpaired) electrons. The molecule has 0 unspecified atom stereocenters. The first-order valence-corrected chi connectivity index (χ1v) is 9.41. The minimum Gasteiger partial charge on any atom is -0.744 e. The number of anilines is 1. The number of nitrogens with one attached hydrogen (secondary N) is 1. The van der Waals surface area contributed by atoms with Gasteiger partial charge in [-0.25, -0.2) is 8.42 Å². The van der Waals surface area contributed by atoms with E-state index in [0.717, 1.165) is 18.2 Å². The van der Waals surface area contributed by atoms with Crippen molar-refractivity contribution in [3.63, 3.8) is 0 Å². The number of aromatic hydroxyl groups is 1. The number of benzene rings is 2. The van der Waals surface area contributed by atoms with Gasteiger partial charge in [0.15, 0.2) is 0 Å². The maximum Gasteiger partial charge on any atom is 1.00 e. The van der Waals surface area contributed by atoms with Crippen LogP contribution in [0, 0.1) is 0 Å². The average Bonchev–Trinajstić information content (AvgIpc) is 2.44. The van der Waals surface area contributed by atoms with Gasteiger partial charge in [0.2, 0.25) is 5.91 Å². The van der Waals surface area contributed by atoms with Gasteiger partial charge in [0.05, 0.1) is 15.5 Å². The fourth-order valence-corrected chi connectivity index (χ4v) is 3.15. The van der Waals surface area contributed by atoms with E-state index in [4.69, 9.17) is 16.2 Å². The van der Waals surface area contributed by atoms with Crippen LogP contribution in [0.3, 0.4) is 0 Å². The molecule has 25 heavy (non-hydrogen) atoms. The molecule has 0 saturated carbocycles. The van der Waals surface area contributed by atoms with E-state index in [-0.39, 0.29) is 46.0 Å². The molecule has 0 spiro atoms. The van der Waals surface area contributed by atoms with E-state index in [1.165, 1.54) is 0 Å². The van der Waals surface area contributed by atoms with Crippen LogP contribution in [0.1, 0.15) is 0 Å². The molecule has 0 aliphatic carbocycles. The SMILES string of the molecule is O=C(CCl)Nc1cc(S(=O)(=O)O)cc2cc(S(=O)(=O)[O-])cc(O)c12.[Na+]. The predicted octanol–water partition coefficient (Wildman–Crippen LogP) is -2.12. The number of alkyl halides is 1. The predicted molar refractivity (Wildman–Crippen MR) is 82.7 cm³/mol.